The Bertz CT molecular complexity index is 603. The molecule has 3 heterocycles. The molecule has 106 valence electrons. The third-order valence-corrected chi connectivity index (χ3v) is 4.82. The fraction of sp³-hybridized carbons (Fsp3) is 0.467. The third-order valence-electron chi connectivity index (χ3n) is 3.85. The molecular formula is C15H19N3OS. The molecule has 1 amide bonds. The maximum atomic E-state index is 12.7. The Morgan fingerprint density at radius 2 is 2.30 bits per heavy atom. The van der Waals surface area contributed by atoms with Gasteiger partial charge in [-0.2, -0.15) is 5.10 Å². The van der Waals surface area contributed by atoms with Crippen LogP contribution in [0.2, 0.25) is 0 Å². The SMILES string of the molecule is Cc1cc(C(=O)N2CCCC(n3cccn3)C2)c(C)s1. The highest BCUT2D eigenvalue weighted by molar-refractivity contribution is 7.12. The number of likely N-dealkylation sites (tertiary alicyclic amines) is 1. The van der Waals surface area contributed by atoms with Gasteiger partial charge in [0.05, 0.1) is 11.6 Å². The second-order valence-electron chi connectivity index (χ2n) is 5.36. The van der Waals surface area contributed by atoms with Gasteiger partial charge in [-0.25, -0.2) is 0 Å². The van der Waals surface area contributed by atoms with E-state index in [2.05, 4.69) is 12.0 Å². The first-order valence-corrected chi connectivity index (χ1v) is 7.82. The maximum Gasteiger partial charge on any atom is 0.255 e. The molecule has 1 fully saturated rings. The summed E-state index contributed by atoms with van der Waals surface area (Å²) in [6, 6.07) is 4.26. The minimum absolute atomic E-state index is 0.170. The predicted molar refractivity (Wildman–Crippen MR) is 80.2 cm³/mol. The molecular weight excluding hydrogens is 270 g/mol. The molecule has 0 spiro atoms. The highest BCUT2D eigenvalue weighted by Gasteiger charge is 2.27. The van der Waals surface area contributed by atoms with Crippen LogP contribution in [0.15, 0.2) is 24.5 Å². The van der Waals surface area contributed by atoms with E-state index in [0.29, 0.717) is 6.04 Å². The molecule has 3 rings (SSSR count). The molecule has 2 aromatic rings. The van der Waals surface area contributed by atoms with Crippen molar-refractivity contribution in [1.29, 1.82) is 0 Å². The molecule has 2 aromatic heterocycles. The van der Waals surface area contributed by atoms with Crippen molar-refractivity contribution in [1.82, 2.24) is 14.7 Å². The molecule has 4 nitrogen and oxygen atoms in total. The minimum atomic E-state index is 0.170. The number of rotatable bonds is 2. The van der Waals surface area contributed by atoms with E-state index in [1.807, 2.05) is 34.8 Å². The highest BCUT2D eigenvalue weighted by Crippen LogP contribution is 2.26. The van der Waals surface area contributed by atoms with Gasteiger partial charge in [0.2, 0.25) is 0 Å². The first kappa shape index (κ1) is 13.4. The summed E-state index contributed by atoms with van der Waals surface area (Å²) in [6.45, 7) is 5.69. The Labute approximate surface area is 123 Å². The van der Waals surface area contributed by atoms with Gasteiger partial charge in [-0.05, 0) is 38.8 Å². The summed E-state index contributed by atoms with van der Waals surface area (Å²) in [4.78, 5) is 16.9. The molecule has 0 N–H and O–H groups in total. The van der Waals surface area contributed by atoms with Crippen LogP contribution in [0.3, 0.4) is 0 Å². The van der Waals surface area contributed by atoms with Crippen LogP contribution in [0.5, 0.6) is 0 Å². The summed E-state index contributed by atoms with van der Waals surface area (Å²) in [5.41, 5.74) is 0.869. The zero-order valence-corrected chi connectivity index (χ0v) is 12.7. The lowest BCUT2D eigenvalue weighted by molar-refractivity contribution is 0.0673. The minimum Gasteiger partial charge on any atom is -0.336 e. The lowest BCUT2D eigenvalue weighted by atomic mass is 10.0. The molecule has 0 aromatic carbocycles. The van der Waals surface area contributed by atoms with Crippen LogP contribution in [0.25, 0.3) is 0 Å². The molecule has 1 saturated heterocycles. The van der Waals surface area contributed by atoms with Gasteiger partial charge in [0.25, 0.3) is 5.91 Å². The Balaban J connectivity index is 1.77. The summed E-state index contributed by atoms with van der Waals surface area (Å²) in [7, 11) is 0. The van der Waals surface area contributed by atoms with E-state index in [-0.39, 0.29) is 5.91 Å². The topological polar surface area (TPSA) is 38.1 Å². The molecule has 0 saturated carbocycles. The number of aryl methyl sites for hydroxylation is 2. The Kier molecular flexibility index (Phi) is 3.61. The van der Waals surface area contributed by atoms with Crippen molar-refractivity contribution in [3.63, 3.8) is 0 Å². The molecule has 5 heteroatoms. The van der Waals surface area contributed by atoms with Crippen LogP contribution in [0, 0.1) is 13.8 Å². The molecule has 0 aliphatic carbocycles. The van der Waals surface area contributed by atoms with Gasteiger partial charge in [-0.15, -0.1) is 11.3 Å². The standard InChI is InChI=1S/C15H19N3OS/c1-11-9-14(12(2)20-11)15(19)17-7-3-5-13(10-17)18-8-4-6-16-18/h4,6,8-9,13H,3,5,7,10H2,1-2H3. The van der Waals surface area contributed by atoms with Gasteiger partial charge in [0.1, 0.15) is 0 Å². The van der Waals surface area contributed by atoms with Gasteiger partial charge >= 0.3 is 0 Å². The van der Waals surface area contributed by atoms with Crippen LogP contribution >= 0.6 is 11.3 Å². The number of hydrogen-bond donors (Lipinski definition) is 0. The fourth-order valence-electron chi connectivity index (χ4n) is 2.87. The lowest BCUT2D eigenvalue weighted by Gasteiger charge is -2.32. The third kappa shape index (κ3) is 2.50. The van der Waals surface area contributed by atoms with Gasteiger partial charge in [-0.3, -0.25) is 9.48 Å². The number of nitrogens with zero attached hydrogens (tertiary/aromatic N) is 3. The van der Waals surface area contributed by atoms with Crippen molar-refractivity contribution < 1.29 is 4.79 Å². The van der Waals surface area contributed by atoms with Crippen LogP contribution in [0.4, 0.5) is 0 Å². The van der Waals surface area contributed by atoms with E-state index in [1.165, 1.54) is 4.88 Å². The van der Waals surface area contributed by atoms with Crippen LogP contribution in [0.1, 0.15) is 39.0 Å². The molecule has 1 aliphatic heterocycles. The van der Waals surface area contributed by atoms with Crippen LogP contribution < -0.4 is 0 Å². The number of hydrogen-bond acceptors (Lipinski definition) is 3. The first-order valence-electron chi connectivity index (χ1n) is 7.00. The van der Waals surface area contributed by atoms with Gasteiger partial charge < -0.3 is 4.90 Å². The number of carbonyl (C=O) groups excluding carboxylic acids is 1. The fourth-order valence-corrected chi connectivity index (χ4v) is 3.78. The van der Waals surface area contributed by atoms with Crippen molar-refractivity contribution in [2.24, 2.45) is 0 Å². The lowest BCUT2D eigenvalue weighted by Crippen LogP contribution is -2.40. The molecule has 1 aliphatic rings. The van der Waals surface area contributed by atoms with Crippen molar-refractivity contribution in [2.75, 3.05) is 13.1 Å². The van der Waals surface area contributed by atoms with Crippen molar-refractivity contribution in [3.05, 3.63) is 39.8 Å². The van der Waals surface area contributed by atoms with Crippen LogP contribution in [-0.4, -0.2) is 33.7 Å². The number of aromatic nitrogens is 2. The normalized spacial score (nSPS) is 19.3. The van der Waals surface area contributed by atoms with E-state index in [1.54, 1.807) is 17.5 Å². The van der Waals surface area contributed by atoms with E-state index >= 15 is 0 Å². The Hall–Kier alpha value is -1.62. The van der Waals surface area contributed by atoms with Crippen molar-refractivity contribution in [2.45, 2.75) is 32.7 Å². The number of carbonyl (C=O) groups is 1. The quantitative estimate of drug-likeness (QED) is 0.852. The van der Waals surface area contributed by atoms with Gasteiger partial charge in [0.15, 0.2) is 0 Å². The summed E-state index contributed by atoms with van der Waals surface area (Å²) < 4.78 is 1.98. The van der Waals surface area contributed by atoms with Gasteiger partial charge in [-0.1, -0.05) is 0 Å². The average Bonchev–Trinajstić information content (AvgIpc) is 3.08. The van der Waals surface area contributed by atoms with Gasteiger partial charge in [0, 0.05) is 35.2 Å². The summed E-state index contributed by atoms with van der Waals surface area (Å²) >= 11 is 1.70. The van der Waals surface area contributed by atoms with Crippen molar-refractivity contribution >= 4 is 17.2 Å². The second-order valence-corrected chi connectivity index (χ2v) is 6.82. The average molecular weight is 289 g/mol. The van der Waals surface area contributed by atoms with Crippen LogP contribution in [-0.2, 0) is 0 Å². The number of amides is 1. The molecule has 1 unspecified atom stereocenters. The van der Waals surface area contributed by atoms with E-state index in [0.717, 1.165) is 36.4 Å². The largest absolute Gasteiger partial charge is 0.336 e. The van der Waals surface area contributed by atoms with E-state index in [9.17, 15) is 4.79 Å². The monoisotopic (exact) mass is 289 g/mol. The zero-order chi connectivity index (χ0) is 14.1. The Morgan fingerprint density at radius 3 is 2.95 bits per heavy atom. The summed E-state index contributed by atoms with van der Waals surface area (Å²) in [6.07, 6.45) is 5.91. The van der Waals surface area contributed by atoms with E-state index in [4.69, 9.17) is 0 Å². The number of thiophene rings is 1. The first-order chi connectivity index (χ1) is 9.65. The molecule has 0 bridgehead atoms. The zero-order valence-electron chi connectivity index (χ0n) is 11.9. The van der Waals surface area contributed by atoms with E-state index < -0.39 is 0 Å². The number of piperidine rings is 1. The van der Waals surface area contributed by atoms with Crippen molar-refractivity contribution in [3.8, 4) is 0 Å². The highest BCUT2D eigenvalue weighted by atomic mass is 32.1. The maximum absolute atomic E-state index is 12.7. The molecule has 1 atom stereocenters. The summed E-state index contributed by atoms with van der Waals surface area (Å²) in [5, 5.41) is 4.31. The molecule has 20 heavy (non-hydrogen) atoms. The second kappa shape index (κ2) is 5.40. The predicted octanol–water partition coefficient (Wildman–Crippen LogP) is 3.04. The smallest absolute Gasteiger partial charge is 0.255 e. The summed E-state index contributed by atoms with van der Waals surface area (Å²) in [5.74, 6) is 0.170. The Morgan fingerprint density at radius 1 is 1.45 bits per heavy atom. The molecule has 0 radical (unpaired) electrons.